The van der Waals surface area contributed by atoms with E-state index in [9.17, 15) is 18.5 Å². The molecule has 0 radical (unpaired) electrons. The molecule has 0 aliphatic carbocycles. The molecule has 0 bridgehead atoms. The van der Waals surface area contributed by atoms with Gasteiger partial charge in [-0.1, -0.05) is 6.07 Å². The van der Waals surface area contributed by atoms with Crippen molar-refractivity contribution in [3.63, 3.8) is 0 Å². The maximum atomic E-state index is 11.2. The highest BCUT2D eigenvalue weighted by molar-refractivity contribution is 7.92. The van der Waals surface area contributed by atoms with Gasteiger partial charge in [-0.15, -0.1) is 0 Å². The molecule has 0 atom stereocenters. The zero-order valence-electron chi connectivity index (χ0n) is 7.63. The fourth-order valence-corrected chi connectivity index (χ4v) is 2.66. The van der Waals surface area contributed by atoms with Gasteiger partial charge >= 0.3 is 0 Å². The van der Waals surface area contributed by atoms with Gasteiger partial charge in [-0.05, 0) is 12.5 Å². The smallest absolute Gasteiger partial charge is 0.274 e. The van der Waals surface area contributed by atoms with E-state index in [1.807, 2.05) is 0 Å². The first-order valence-electron chi connectivity index (χ1n) is 4.26. The molecule has 1 aromatic carbocycles. The van der Waals surface area contributed by atoms with Crippen LogP contribution < -0.4 is 4.72 Å². The quantitative estimate of drug-likeness (QED) is 0.571. The van der Waals surface area contributed by atoms with E-state index in [4.69, 9.17) is 0 Å². The van der Waals surface area contributed by atoms with Gasteiger partial charge in [-0.25, -0.2) is 8.42 Å². The number of rotatable bonds is 1. The van der Waals surface area contributed by atoms with Crippen molar-refractivity contribution < 1.29 is 13.3 Å². The zero-order valence-corrected chi connectivity index (χ0v) is 8.45. The van der Waals surface area contributed by atoms with Gasteiger partial charge in [-0.2, -0.15) is 0 Å². The highest BCUT2D eigenvalue weighted by atomic mass is 32.2. The Hall–Kier alpha value is -1.63. The molecule has 0 saturated heterocycles. The first-order chi connectivity index (χ1) is 6.99. The lowest BCUT2D eigenvalue weighted by molar-refractivity contribution is -0.385. The topological polar surface area (TPSA) is 89.3 Å². The van der Waals surface area contributed by atoms with Crippen molar-refractivity contribution >= 4 is 21.4 Å². The second-order valence-corrected chi connectivity index (χ2v) is 5.07. The van der Waals surface area contributed by atoms with Crippen LogP contribution in [0.2, 0.25) is 0 Å². The minimum atomic E-state index is -3.31. The summed E-state index contributed by atoms with van der Waals surface area (Å²) in [6, 6.07) is 4.36. The molecule has 0 spiro atoms. The number of nitrogens with one attached hydrogen (secondary N) is 1. The van der Waals surface area contributed by atoms with Gasteiger partial charge in [0, 0.05) is 6.07 Å². The van der Waals surface area contributed by atoms with E-state index in [1.54, 1.807) is 0 Å². The SMILES string of the molecule is O=[N+]([O-])c1cccc2c1CCS(=O)(=O)N2. The number of nitro benzene ring substituents is 1. The molecule has 2 rings (SSSR count). The summed E-state index contributed by atoms with van der Waals surface area (Å²) < 4.78 is 24.7. The van der Waals surface area contributed by atoms with E-state index in [1.165, 1.54) is 18.2 Å². The molecule has 0 aromatic heterocycles. The van der Waals surface area contributed by atoms with Crippen molar-refractivity contribution in [2.75, 3.05) is 10.5 Å². The second-order valence-electron chi connectivity index (χ2n) is 3.23. The molecular formula is C8H8N2O4S. The third-order valence-corrected chi connectivity index (χ3v) is 3.51. The fourth-order valence-electron chi connectivity index (χ4n) is 1.56. The molecular weight excluding hydrogens is 220 g/mol. The largest absolute Gasteiger partial charge is 0.283 e. The number of fused-ring (bicyclic) bond motifs is 1. The first kappa shape index (κ1) is 9.91. The van der Waals surface area contributed by atoms with Crippen LogP contribution in [-0.2, 0) is 16.4 Å². The molecule has 80 valence electrons. The highest BCUT2D eigenvalue weighted by Gasteiger charge is 2.26. The number of nitro groups is 1. The second kappa shape index (κ2) is 3.20. The molecule has 1 aliphatic rings. The van der Waals surface area contributed by atoms with Crippen molar-refractivity contribution in [3.05, 3.63) is 33.9 Å². The Morgan fingerprint density at radius 3 is 2.80 bits per heavy atom. The molecule has 1 heterocycles. The Morgan fingerprint density at radius 2 is 2.13 bits per heavy atom. The lowest BCUT2D eigenvalue weighted by Crippen LogP contribution is -2.24. The highest BCUT2D eigenvalue weighted by Crippen LogP contribution is 2.30. The van der Waals surface area contributed by atoms with Crippen LogP contribution in [0.4, 0.5) is 11.4 Å². The van der Waals surface area contributed by atoms with Crippen molar-refractivity contribution in [1.82, 2.24) is 0 Å². The molecule has 0 unspecified atom stereocenters. The average Bonchev–Trinajstić information content (AvgIpc) is 2.14. The number of anilines is 1. The van der Waals surface area contributed by atoms with Crippen LogP contribution in [0.5, 0.6) is 0 Å². The number of hydrogen-bond acceptors (Lipinski definition) is 4. The van der Waals surface area contributed by atoms with Crippen LogP contribution in [0.15, 0.2) is 18.2 Å². The average molecular weight is 228 g/mol. The number of benzene rings is 1. The van der Waals surface area contributed by atoms with Gasteiger partial charge in [-0.3, -0.25) is 14.8 Å². The predicted molar refractivity (Wildman–Crippen MR) is 54.2 cm³/mol. The van der Waals surface area contributed by atoms with Crippen LogP contribution in [0.3, 0.4) is 0 Å². The lowest BCUT2D eigenvalue weighted by atomic mass is 10.1. The van der Waals surface area contributed by atoms with E-state index >= 15 is 0 Å². The standard InChI is InChI=1S/C8H8N2O4S/c11-10(12)8-3-1-2-7-6(8)4-5-15(13,14)9-7/h1-3,9H,4-5H2. The Balaban J connectivity index is 2.56. The van der Waals surface area contributed by atoms with Crippen LogP contribution in [0, 0.1) is 10.1 Å². The molecule has 1 N–H and O–H groups in total. The normalized spacial score (nSPS) is 17.6. The zero-order chi connectivity index (χ0) is 11.1. The van der Waals surface area contributed by atoms with Gasteiger partial charge in [0.25, 0.3) is 5.69 Å². The van der Waals surface area contributed by atoms with Gasteiger partial charge < -0.3 is 0 Å². The third kappa shape index (κ3) is 1.78. The van der Waals surface area contributed by atoms with Crippen LogP contribution >= 0.6 is 0 Å². The molecule has 0 saturated carbocycles. The maximum absolute atomic E-state index is 11.2. The molecule has 0 amide bonds. The summed E-state index contributed by atoms with van der Waals surface area (Å²) in [5, 5.41) is 10.7. The summed E-state index contributed by atoms with van der Waals surface area (Å²) in [5.74, 6) is -0.106. The molecule has 0 fully saturated rings. The summed E-state index contributed by atoms with van der Waals surface area (Å²) in [6.45, 7) is 0. The van der Waals surface area contributed by atoms with Crippen molar-refractivity contribution in [3.8, 4) is 0 Å². The maximum Gasteiger partial charge on any atom is 0.274 e. The Kier molecular flexibility index (Phi) is 2.11. The number of hydrogen-bond donors (Lipinski definition) is 1. The van der Waals surface area contributed by atoms with Gasteiger partial charge in [0.1, 0.15) is 0 Å². The summed E-state index contributed by atoms with van der Waals surface area (Å²) in [7, 11) is -3.31. The summed E-state index contributed by atoms with van der Waals surface area (Å²) >= 11 is 0. The van der Waals surface area contributed by atoms with E-state index < -0.39 is 14.9 Å². The van der Waals surface area contributed by atoms with Crippen LogP contribution in [0.25, 0.3) is 0 Å². The van der Waals surface area contributed by atoms with Gasteiger partial charge in [0.05, 0.1) is 21.9 Å². The predicted octanol–water partition coefficient (Wildman–Crippen LogP) is 0.893. The summed E-state index contributed by atoms with van der Waals surface area (Å²) in [4.78, 5) is 10.2. The van der Waals surface area contributed by atoms with E-state index in [-0.39, 0.29) is 17.9 Å². The van der Waals surface area contributed by atoms with E-state index in [2.05, 4.69) is 4.72 Å². The van der Waals surface area contributed by atoms with Crippen LogP contribution in [-0.4, -0.2) is 19.1 Å². The molecule has 1 aliphatic heterocycles. The minimum Gasteiger partial charge on any atom is -0.283 e. The van der Waals surface area contributed by atoms with Crippen LogP contribution in [0.1, 0.15) is 5.56 Å². The minimum absolute atomic E-state index is 0.0325. The van der Waals surface area contributed by atoms with Gasteiger partial charge in [0.2, 0.25) is 10.0 Å². The monoisotopic (exact) mass is 228 g/mol. The Morgan fingerprint density at radius 1 is 1.40 bits per heavy atom. The Bertz CT molecular complexity index is 523. The number of nitrogens with zero attached hydrogens (tertiary/aromatic N) is 1. The third-order valence-electron chi connectivity index (χ3n) is 2.23. The summed E-state index contributed by atoms with van der Waals surface area (Å²) in [6.07, 6.45) is 0.182. The lowest BCUT2D eigenvalue weighted by Gasteiger charge is -2.17. The molecule has 7 heteroatoms. The first-order valence-corrected chi connectivity index (χ1v) is 5.91. The molecule has 15 heavy (non-hydrogen) atoms. The van der Waals surface area contributed by atoms with E-state index in [0.717, 1.165) is 0 Å². The number of sulfonamides is 1. The van der Waals surface area contributed by atoms with E-state index in [0.29, 0.717) is 11.3 Å². The van der Waals surface area contributed by atoms with Crippen molar-refractivity contribution in [1.29, 1.82) is 0 Å². The fraction of sp³-hybridized carbons (Fsp3) is 0.250. The molecule has 6 nitrogen and oxygen atoms in total. The summed E-state index contributed by atoms with van der Waals surface area (Å²) in [5.41, 5.74) is 0.739. The van der Waals surface area contributed by atoms with Crippen molar-refractivity contribution in [2.24, 2.45) is 0 Å². The van der Waals surface area contributed by atoms with Gasteiger partial charge in [0.15, 0.2) is 0 Å². The molecule has 1 aromatic rings. The Labute approximate surface area is 86.1 Å². The van der Waals surface area contributed by atoms with Crippen molar-refractivity contribution in [2.45, 2.75) is 6.42 Å².